The van der Waals surface area contributed by atoms with Gasteiger partial charge in [0.05, 0.1) is 17.2 Å². The number of thioether (sulfide) groups is 1. The summed E-state index contributed by atoms with van der Waals surface area (Å²) >= 11 is 7.35. The van der Waals surface area contributed by atoms with Crippen molar-refractivity contribution in [2.45, 2.75) is 42.3 Å². The Labute approximate surface area is 243 Å². The molecule has 8 nitrogen and oxygen atoms in total. The summed E-state index contributed by atoms with van der Waals surface area (Å²) in [6.07, 6.45) is 3.81. The molecular weight excluding hydrogens is 566 g/mol. The number of benzene rings is 3. The van der Waals surface area contributed by atoms with E-state index in [-0.39, 0.29) is 16.6 Å². The van der Waals surface area contributed by atoms with Gasteiger partial charge in [0.2, 0.25) is 15.9 Å². The Balaban J connectivity index is 1.30. The van der Waals surface area contributed by atoms with Gasteiger partial charge in [0.15, 0.2) is 11.0 Å². The third-order valence-corrected chi connectivity index (χ3v) is 9.77. The fourth-order valence-corrected chi connectivity index (χ4v) is 7.04. The van der Waals surface area contributed by atoms with Crippen molar-refractivity contribution in [2.24, 2.45) is 0 Å². The van der Waals surface area contributed by atoms with E-state index >= 15 is 0 Å². The van der Waals surface area contributed by atoms with Gasteiger partial charge in [0, 0.05) is 29.4 Å². The van der Waals surface area contributed by atoms with Gasteiger partial charge >= 0.3 is 0 Å². The number of sulfonamides is 1. The van der Waals surface area contributed by atoms with E-state index in [1.165, 1.54) is 17.8 Å². The number of halogens is 1. The molecule has 0 atom stereocenters. The van der Waals surface area contributed by atoms with Crippen molar-refractivity contribution in [3.8, 4) is 11.4 Å². The average Bonchev–Trinajstić information content (AvgIpc) is 3.15. The molecule has 1 fully saturated rings. The van der Waals surface area contributed by atoms with Crippen molar-refractivity contribution in [3.05, 3.63) is 89.4 Å². The maximum absolute atomic E-state index is 13.2. The Hall–Kier alpha value is -3.18. The first kappa shape index (κ1) is 28.4. The van der Waals surface area contributed by atoms with E-state index in [1.807, 2.05) is 47.0 Å². The highest BCUT2D eigenvalue weighted by Gasteiger charge is 2.25. The molecule has 0 bridgehead atoms. The second kappa shape index (κ2) is 13.0. The van der Waals surface area contributed by atoms with E-state index in [1.54, 1.807) is 34.6 Å². The van der Waals surface area contributed by atoms with Crippen molar-refractivity contribution in [3.63, 3.8) is 0 Å². The quantitative estimate of drug-likeness (QED) is 0.240. The molecule has 208 valence electrons. The first-order valence-electron chi connectivity index (χ1n) is 13.2. The number of nitrogens with zero attached hydrogens (tertiary/aromatic N) is 4. The zero-order chi connectivity index (χ0) is 28.0. The third-order valence-electron chi connectivity index (χ3n) is 6.66. The summed E-state index contributed by atoms with van der Waals surface area (Å²) in [5.41, 5.74) is 2.38. The van der Waals surface area contributed by atoms with E-state index in [0.29, 0.717) is 41.3 Å². The number of amides is 1. The molecule has 0 radical (unpaired) electrons. The van der Waals surface area contributed by atoms with E-state index in [9.17, 15) is 13.2 Å². The van der Waals surface area contributed by atoms with E-state index in [4.69, 9.17) is 11.6 Å². The number of carbonyl (C=O) groups excluding carboxylic acids is 1. The lowest BCUT2D eigenvalue weighted by atomic mass is 10.2. The molecule has 0 aliphatic carbocycles. The molecular formula is C29H30ClN5O3S2. The second-order valence-electron chi connectivity index (χ2n) is 9.57. The van der Waals surface area contributed by atoms with Crippen LogP contribution in [0.4, 0.5) is 5.69 Å². The number of carbonyl (C=O) groups is 1. The first-order valence-corrected chi connectivity index (χ1v) is 16.0. The zero-order valence-corrected chi connectivity index (χ0v) is 24.3. The van der Waals surface area contributed by atoms with Crippen LogP contribution in [0.5, 0.6) is 0 Å². The SMILES string of the molecule is O=C(CSc1nnc(-c2ccc(Cl)cc2)n1Cc1ccccc1)Nc1cccc(S(=O)(=O)N2CCCCCC2)c1. The minimum atomic E-state index is -3.61. The smallest absolute Gasteiger partial charge is 0.243 e. The molecule has 1 N–H and O–H groups in total. The normalized spacial score (nSPS) is 14.5. The summed E-state index contributed by atoms with van der Waals surface area (Å²) < 4.78 is 29.9. The van der Waals surface area contributed by atoms with Crippen LogP contribution in [0.15, 0.2) is 88.9 Å². The van der Waals surface area contributed by atoms with Gasteiger partial charge < -0.3 is 5.32 Å². The van der Waals surface area contributed by atoms with E-state index in [0.717, 1.165) is 36.8 Å². The average molecular weight is 596 g/mol. The molecule has 1 amide bonds. The maximum Gasteiger partial charge on any atom is 0.243 e. The fraction of sp³-hybridized carbons (Fsp3) is 0.276. The van der Waals surface area contributed by atoms with Gasteiger partial charge in [-0.05, 0) is 60.9 Å². The van der Waals surface area contributed by atoms with Crippen molar-refractivity contribution in [1.29, 1.82) is 0 Å². The van der Waals surface area contributed by atoms with Crippen LogP contribution in [0.1, 0.15) is 31.2 Å². The molecule has 0 saturated carbocycles. The molecule has 3 aromatic carbocycles. The maximum atomic E-state index is 13.2. The van der Waals surface area contributed by atoms with Crippen LogP contribution in [-0.4, -0.2) is 52.2 Å². The Morgan fingerprint density at radius 1 is 0.900 bits per heavy atom. The molecule has 11 heteroatoms. The van der Waals surface area contributed by atoms with Gasteiger partial charge in [-0.3, -0.25) is 9.36 Å². The molecule has 40 heavy (non-hydrogen) atoms. The lowest BCUT2D eigenvalue weighted by Crippen LogP contribution is -2.32. The topological polar surface area (TPSA) is 97.2 Å². The Bertz CT molecular complexity index is 1550. The van der Waals surface area contributed by atoms with Crippen molar-refractivity contribution in [1.82, 2.24) is 19.1 Å². The summed E-state index contributed by atoms with van der Waals surface area (Å²) in [7, 11) is -3.61. The lowest BCUT2D eigenvalue weighted by Gasteiger charge is -2.20. The predicted octanol–water partition coefficient (Wildman–Crippen LogP) is 5.94. The highest BCUT2D eigenvalue weighted by molar-refractivity contribution is 7.99. The fourth-order valence-electron chi connectivity index (χ4n) is 4.61. The van der Waals surface area contributed by atoms with Crippen molar-refractivity contribution < 1.29 is 13.2 Å². The Kier molecular flexibility index (Phi) is 9.21. The number of hydrogen-bond donors (Lipinski definition) is 1. The number of rotatable bonds is 9. The second-order valence-corrected chi connectivity index (χ2v) is 12.9. The number of hydrogen-bond acceptors (Lipinski definition) is 6. The molecule has 1 saturated heterocycles. The van der Waals surface area contributed by atoms with Crippen LogP contribution >= 0.6 is 23.4 Å². The monoisotopic (exact) mass is 595 g/mol. The largest absolute Gasteiger partial charge is 0.325 e. The number of nitrogens with one attached hydrogen (secondary N) is 1. The van der Waals surface area contributed by atoms with Gasteiger partial charge in [-0.1, -0.05) is 72.6 Å². The van der Waals surface area contributed by atoms with Gasteiger partial charge in [-0.15, -0.1) is 10.2 Å². The molecule has 1 aliphatic rings. The summed E-state index contributed by atoms with van der Waals surface area (Å²) in [4.78, 5) is 13.1. The van der Waals surface area contributed by atoms with Crippen LogP contribution in [0.25, 0.3) is 11.4 Å². The Morgan fingerprint density at radius 2 is 1.62 bits per heavy atom. The summed E-state index contributed by atoms with van der Waals surface area (Å²) in [6, 6.07) is 23.8. The minimum Gasteiger partial charge on any atom is -0.325 e. The predicted molar refractivity (Wildman–Crippen MR) is 159 cm³/mol. The van der Waals surface area contributed by atoms with Crippen LogP contribution in [0.2, 0.25) is 5.02 Å². The Morgan fingerprint density at radius 3 is 2.35 bits per heavy atom. The summed E-state index contributed by atoms with van der Waals surface area (Å²) in [6.45, 7) is 1.58. The molecule has 0 spiro atoms. The van der Waals surface area contributed by atoms with Gasteiger partial charge in [-0.25, -0.2) is 8.42 Å². The van der Waals surface area contributed by atoms with Gasteiger partial charge in [0.25, 0.3) is 0 Å². The number of anilines is 1. The highest BCUT2D eigenvalue weighted by atomic mass is 35.5. The molecule has 1 aromatic heterocycles. The molecule has 0 unspecified atom stereocenters. The summed E-state index contributed by atoms with van der Waals surface area (Å²) in [5.74, 6) is 0.489. The van der Waals surface area contributed by atoms with Gasteiger partial charge in [0.1, 0.15) is 0 Å². The third kappa shape index (κ3) is 6.93. The molecule has 4 aromatic rings. The molecule has 1 aliphatic heterocycles. The summed E-state index contributed by atoms with van der Waals surface area (Å²) in [5, 5.41) is 12.9. The van der Waals surface area contributed by atoms with E-state index in [2.05, 4.69) is 15.5 Å². The standard InChI is InChI=1S/C29H30ClN5O3S2/c30-24-15-13-23(14-16-24)28-32-33-29(35(28)20-22-9-4-3-5-10-22)39-21-27(36)31-25-11-8-12-26(19-25)40(37,38)34-17-6-1-2-7-18-34/h3-5,8-16,19H,1-2,6-7,17-18,20-21H2,(H,31,36). The number of aromatic nitrogens is 3. The van der Waals surface area contributed by atoms with Crippen LogP contribution in [-0.2, 0) is 21.4 Å². The van der Waals surface area contributed by atoms with Crippen molar-refractivity contribution >= 4 is 45.0 Å². The van der Waals surface area contributed by atoms with Crippen LogP contribution in [0.3, 0.4) is 0 Å². The highest BCUT2D eigenvalue weighted by Crippen LogP contribution is 2.27. The molecule has 2 heterocycles. The van der Waals surface area contributed by atoms with Crippen LogP contribution < -0.4 is 5.32 Å². The molecule has 5 rings (SSSR count). The first-order chi connectivity index (χ1) is 19.4. The zero-order valence-electron chi connectivity index (χ0n) is 21.9. The lowest BCUT2D eigenvalue weighted by molar-refractivity contribution is -0.113. The van der Waals surface area contributed by atoms with Crippen LogP contribution in [0, 0.1) is 0 Å². The minimum absolute atomic E-state index is 0.0800. The van der Waals surface area contributed by atoms with Crippen molar-refractivity contribution in [2.75, 3.05) is 24.2 Å². The van der Waals surface area contributed by atoms with Gasteiger partial charge in [-0.2, -0.15) is 4.31 Å². The van der Waals surface area contributed by atoms with E-state index < -0.39 is 10.0 Å².